The van der Waals surface area contributed by atoms with Gasteiger partial charge >= 0.3 is 0 Å². The van der Waals surface area contributed by atoms with Crippen LogP contribution < -0.4 is 10.6 Å². The molecule has 116 valence electrons. The van der Waals surface area contributed by atoms with Gasteiger partial charge in [-0.3, -0.25) is 4.98 Å². The first-order valence-electron chi connectivity index (χ1n) is 8.03. The SMILES string of the molecule is CCc1c(C)nc(-c2cccnc2)nc1NC1CCCNC1. The van der Waals surface area contributed by atoms with Gasteiger partial charge in [-0.1, -0.05) is 6.92 Å². The zero-order valence-corrected chi connectivity index (χ0v) is 13.3. The highest BCUT2D eigenvalue weighted by Gasteiger charge is 2.17. The highest BCUT2D eigenvalue weighted by molar-refractivity contribution is 5.59. The quantitative estimate of drug-likeness (QED) is 0.908. The summed E-state index contributed by atoms with van der Waals surface area (Å²) in [6.07, 6.45) is 6.90. The average molecular weight is 297 g/mol. The van der Waals surface area contributed by atoms with Crippen molar-refractivity contribution >= 4 is 5.82 Å². The lowest BCUT2D eigenvalue weighted by atomic mass is 10.1. The van der Waals surface area contributed by atoms with E-state index in [1.165, 1.54) is 18.4 Å². The molecule has 1 saturated heterocycles. The second-order valence-corrected chi connectivity index (χ2v) is 5.74. The van der Waals surface area contributed by atoms with E-state index >= 15 is 0 Å². The third-order valence-electron chi connectivity index (χ3n) is 4.12. The van der Waals surface area contributed by atoms with Crippen molar-refractivity contribution in [1.29, 1.82) is 0 Å². The van der Waals surface area contributed by atoms with E-state index in [2.05, 4.69) is 34.4 Å². The smallest absolute Gasteiger partial charge is 0.163 e. The molecule has 0 amide bonds. The summed E-state index contributed by atoms with van der Waals surface area (Å²) in [5, 5.41) is 7.05. The number of hydrogen-bond donors (Lipinski definition) is 2. The van der Waals surface area contributed by atoms with Gasteiger partial charge in [0, 0.05) is 41.8 Å². The second-order valence-electron chi connectivity index (χ2n) is 5.74. The van der Waals surface area contributed by atoms with Gasteiger partial charge in [0.15, 0.2) is 5.82 Å². The molecule has 0 aliphatic carbocycles. The summed E-state index contributed by atoms with van der Waals surface area (Å²) in [7, 11) is 0. The Labute approximate surface area is 131 Å². The fourth-order valence-electron chi connectivity index (χ4n) is 2.93. The number of aryl methyl sites for hydroxylation is 1. The lowest BCUT2D eigenvalue weighted by Gasteiger charge is -2.25. The van der Waals surface area contributed by atoms with Crippen molar-refractivity contribution < 1.29 is 0 Å². The Morgan fingerprint density at radius 3 is 2.95 bits per heavy atom. The second kappa shape index (κ2) is 6.83. The third-order valence-corrected chi connectivity index (χ3v) is 4.12. The summed E-state index contributed by atoms with van der Waals surface area (Å²) in [6.45, 7) is 6.32. The number of aromatic nitrogens is 3. The van der Waals surface area contributed by atoms with Crippen molar-refractivity contribution in [2.45, 2.75) is 39.2 Å². The molecule has 5 nitrogen and oxygen atoms in total. The first-order chi connectivity index (χ1) is 10.8. The Bertz CT molecular complexity index is 620. The highest BCUT2D eigenvalue weighted by Crippen LogP contribution is 2.23. The molecule has 0 bridgehead atoms. The molecule has 1 atom stereocenters. The van der Waals surface area contributed by atoms with Crippen LogP contribution >= 0.6 is 0 Å². The van der Waals surface area contributed by atoms with Crippen LogP contribution in [0, 0.1) is 6.92 Å². The van der Waals surface area contributed by atoms with Crippen molar-refractivity contribution in [2.75, 3.05) is 18.4 Å². The van der Waals surface area contributed by atoms with Gasteiger partial charge in [-0.2, -0.15) is 0 Å². The summed E-state index contributed by atoms with van der Waals surface area (Å²) >= 11 is 0. The van der Waals surface area contributed by atoms with Crippen LogP contribution in [0.3, 0.4) is 0 Å². The van der Waals surface area contributed by atoms with E-state index in [9.17, 15) is 0 Å². The number of piperidine rings is 1. The number of rotatable bonds is 4. The Balaban J connectivity index is 1.94. The van der Waals surface area contributed by atoms with Crippen LogP contribution in [-0.4, -0.2) is 34.1 Å². The molecule has 5 heteroatoms. The van der Waals surface area contributed by atoms with Crippen molar-refractivity contribution in [3.8, 4) is 11.4 Å². The van der Waals surface area contributed by atoms with E-state index in [4.69, 9.17) is 4.98 Å². The maximum absolute atomic E-state index is 4.78. The molecule has 2 aromatic rings. The number of nitrogens with one attached hydrogen (secondary N) is 2. The molecule has 0 radical (unpaired) electrons. The monoisotopic (exact) mass is 297 g/mol. The molecule has 1 fully saturated rings. The van der Waals surface area contributed by atoms with Crippen LogP contribution in [0.25, 0.3) is 11.4 Å². The largest absolute Gasteiger partial charge is 0.366 e. The van der Waals surface area contributed by atoms with Gasteiger partial charge in [-0.15, -0.1) is 0 Å². The van der Waals surface area contributed by atoms with Crippen LogP contribution in [0.15, 0.2) is 24.5 Å². The lowest BCUT2D eigenvalue weighted by molar-refractivity contribution is 0.478. The van der Waals surface area contributed by atoms with Crippen molar-refractivity contribution in [3.63, 3.8) is 0 Å². The molecule has 1 unspecified atom stereocenters. The Hall–Kier alpha value is -2.01. The van der Waals surface area contributed by atoms with E-state index in [1.54, 1.807) is 6.20 Å². The number of nitrogens with zero attached hydrogens (tertiary/aromatic N) is 3. The molecular formula is C17H23N5. The molecule has 2 aromatic heterocycles. The zero-order chi connectivity index (χ0) is 15.4. The van der Waals surface area contributed by atoms with E-state index in [0.29, 0.717) is 6.04 Å². The van der Waals surface area contributed by atoms with Crippen molar-refractivity contribution in [1.82, 2.24) is 20.3 Å². The molecule has 3 rings (SSSR count). The average Bonchev–Trinajstić information content (AvgIpc) is 2.56. The Morgan fingerprint density at radius 1 is 1.36 bits per heavy atom. The maximum Gasteiger partial charge on any atom is 0.163 e. The fraction of sp³-hybridized carbons (Fsp3) is 0.471. The Kier molecular flexibility index (Phi) is 4.63. The van der Waals surface area contributed by atoms with Crippen LogP contribution in [0.1, 0.15) is 31.0 Å². The minimum Gasteiger partial charge on any atom is -0.366 e. The molecule has 3 heterocycles. The van der Waals surface area contributed by atoms with Crippen LogP contribution in [0.2, 0.25) is 0 Å². The van der Waals surface area contributed by atoms with Crippen LogP contribution in [-0.2, 0) is 6.42 Å². The predicted octanol–water partition coefficient (Wildman–Crippen LogP) is 2.57. The van der Waals surface area contributed by atoms with Crippen molar-refractivity contribution in [2.24, 2.45) is 0 Å². The van der Waals surface area contributed by atoms with Gasteiger partial charge in [0.05, 0.1) is 0 Å². The number of anilines is 1. The molecule has 2 N–H and O–H groups in total. The molecule has 0 saturated carbocycles. The van der Waals surface area contributed by atoms with Gasteiger partial charge in [-0.05, 0) is 44.9 Å². The lowest BCUT2D eigenvalue weighted by Crippen LogP contribution is -2.39. The zero-order valence-electron chi connectivity index (χ0n) is 13.3. The Morgan fingerprint density at radius 2 is 2.27 bits per heavy atom. The van der Waals surface area contributed by atoms with Gasteiger partial charge in [0.25, 0.3) is 0 Å². The summed E-state index contributed by atoms with van der Waals surface area (Å²) in [4.78, 5) is 13.6. The molecule has 22 heavy (non-hydrogen) atoms. The minimum atomic E-state index is 0.440. The normalized spacial score (nSPS) is 18.2. The molecular weight excluding hydrogens is 274 g/mol. The van der Waals surface area contributed by atoms with E-state index in [-0.39, 0.29) is 0 Å². The van der Waals surface area contributed by atoms with Gasteiger partial charge < -0.3 is 10.6 Å². The summed E-state index contributed by atoms with van der Waals surface area (Å²) < 4.78 is 0. The molecule has 1 aliphatic rings. The van der Waals surface area contributed by atoms with E-state index < -0.39 is 0 Å². The van der Waals surface area contributed by atoms with Gasteiger partial charge in [-0.25, -0.2) is 9.97 Å². The van der Waals surface area contributed by atoms with E-state index in [1.807, 2.05) is 18.3 Å². The predicted molar refractivity (Wildman–Crippen MR) is 88.9 cm³/mol. The van der Waals surface area contributed by atoms with Gasteiger partial charge in [0.2, 0.25) is 0 Å². The highest BCUT2D eigenvalue weighted by atomic mass is 15.1. The fourth-order valence-corrected chi connectivity index (χ4v) is 2.93. The maximum atomic E-state index is 4.78. The number of pyridine rings is 1. The van der Waals surface area contributed by atoms with Gasteiger partial charge in [0.1, 0.15) is 5.82 Å². The first-order valence-corrected chi connectivity index (χ1v) is 8.03. The standard InChI is InChI=1S/C17H23N5/c1-3-15-12(2)20-16(13-6-4-8-18-10-13)22-17(15)21-14-7-5-9-19-11-14/h4,6,8,10,14,19H,3,5,7,9,11H2,1-2H3,(H,20,21,22). The summed E-state index contributed by atoms with van der Waals surface area (Å²) in [5.74, 6) is 1.72. The summed E-state index contributed by atoms with van der Waals surface area (Å²) in [5.41, 5.74) is 3.21. The summed E-state index contributed by atoms with van der Waals surface area (Å²) in [6, 6.07) is 4.36. The third kappa shape index (κ3) is 3.25. The van der Waals surface area contributed by atoms with Crippen LogP contribution in [0.5, 0.6) is 0 Å². The minimum absolute atomic E-state index is 0.440. The number of hydrogen-bond acceptors (Lipinski definition) is 5. The molecule has 0 aromatic carbocycles. The van der Waals surface area contributed by atoms with Crippen molar-refractivity contribution in [3.05, 3.63) is 35.8 Å². The molecule has 1 aliphatic heterocycles. The van der Waals surface area contributed by atoms with E-state index in [0.717, 1.165) is 42.4 Å². The first kappa shape index (κ1) is 14.9. The van der Waals surface area contributed by atoms with Crippen LogP contribution in [0.4, 0.5) is 5.82 Å². The molecule has 0 spiro atoms. The topological polar surface area (TPSA) is 62.7 Å².